The number of nitrogens with one attached hydrogen (secondary N) is 1. The summed E-state index contributed by atoms with van der Waals surface area (Å²) < 4.78 is 11.9. The molecule has 0 heterocycles. The fourth-order valence-corrected chi connectivity index (χ4v) is 4.08. The van der Waals surface area contributed by atoms with E-state index < -0.39 is 9.28 Å². The first-order valence-electron chi connectivity index (χ1n) is 7.90. The summed E-state index contributed by atoms with van der Waals surface area (Å²) in [5.74, 6) is 0. The van der Waals surface area contributed by atoms with Gasteiger partial charge in [-0.25, -0.2) is 0 Å². The predicted molar refractivity (Wildman–Crippen MR) is 84.8 cm³/mol. The third-order valence-electron chi connectivity index (χ3n) is 3.01. The lowest BCUT2D eigenvalue weighted by molar-refractivity contribution is 0.187. The van der Waals surface area contributed by atoms with Gasteiger partial charge in [0.15, 0.2) is 0 Å². The highest BCUT2D eigenvalue weighted by molar-refractivity contribution is 6.46. The van der Waals surface area contributed by atoms with Crippen molar-refractivity contribution in [1.29, 1.82) is 0 Å². The fraction of sp³-hybridized carbons (Fsp3) is 1.00. The lowest BCUT2D eigenvalue weighted by Gasteiger charge is -2.22. The standard InChI is InChI=1S/C14H34N2O2Si/c1-4-12-17-19(18-13-5-2)14(3)8-6-10-16-11-7-9-15/h14,16,19H,4-13,15H2,1-3H3. The van der Waals surface area contributed by atoms with Gasteiger partial charge in [-0.15, -0.1) is 0 Å². The Morgan fingerprint density at radius 2 is 1.63 bits per heavy atom. The second-order valence-corrected chi connectivity index (χ2v) is 7.66. The van der Waals surface area contributed by atoms with E-state index in [1.54, 1.807) is 0 Å². The Labute approximate surface area is 121 Å². The highest BCUT2D eigenvalue weighted by atomic mass is 28.3. The smallest absolute Gasteiger partial charge is 0.324 e. The van der Waals surface area contributed by atoms with Crippen molar-refractivity contribution in [3.63, 3.8) is 0 Å². The van der Waals surface area contributed by atoms with Crippen molar-refractivity contribution < 1.29 is 8.85 Å². The molecule has 116 valence electrons. The van der Waals surface area contributed by atoms with E-state index in [1.165, 1.54) is 12.8 Å². The largest absolute Gasteiger partial charge is 0.396 e. The van der Waals surface area contributed by atoms with Crippen molar-refractivity contribution in [3.8, 4) is 0 Å². The number of hydrogen-bond acceptors (Lipinski definition) is 4. The van der Waals surface area contributed by atoms with Gasteiger partial charge in [0.1, 0.15) is 0 Å². The van der Waals surface area contributed by atoms with E-state index in [4.69, 9.17) is 14.6 Å². The third-order valence-corrected chi connectivity index (χ3v) is 5.40. The molecule has 0 saturated heterocycles. The van der Waals surface area contributed by atoms with Crippen LogP contribution in [0.3, 0.4) is 0 Å². The van der Waals surface area contributed by atoms with Crippen LogP contribution in [0.4, 0.5) is 0 Å². The Kier molecular flexibility index (Phi) is 14.5. The molecule has 0 aromatic rings. The highest BCUT2D eigenvalue weighted by Gasteiger charge is 2.21. The van der Waals surface area contributed by atoms with Crippen LogP contribution in [0.1, 0.15) is 52.9 Å². The molecule has 0 aliphatic carbocycles. The van der Waals surface area contributed by atoms with Crippen LogP contribution in [0, 0.1) is 0 Å². The van der Waals surface area contributed by atoms with Crippen LogP contribution in [0.5, 0.6) is 0 Å². The molecule has 0 aromatic heterocycles. The van der Waals surface area contributed by atoms with Crippen LogP contribution in [-0.4, -0.2) is 42.1 Å². The monoisotopic (exact) mass is 290 g/mol. The predicted octanol–water partition coefficient (Wildman–Crippen LogP) is 2.17. The molecule has 0 amide bonds. The molecule has 3 N–H and O–H groups in total. The Bertz CT molecular complexity index is 177. The molecule has 0 aromatic carbocycles. The van der Waals surface area contributed by atoms with Gasteiger partial charge in [0, 0.05) is 13.2 Å². The summed E-state index contributed by atoms with van der Waals surface area (Å²) in [6.07, 6.45) is 5.60. The number of rotatable bonds is 14. The normalized spacial score (nSPS) is 13.1. The van der Waals surface area contributed by atoms with Gasteiger partial charge in [0.05, 0.1) is 0 Å². The Morgan fingerprint density at radius 3 is 2.16 bits per heavy atom. The summed E-state index contributed by atoms with van der Waals surface area (Å²) >= 11 is 0. The average molecular weight is 291 g/mol. The van der Waals surface area contributed by atoms with Crippen molar-refractivity contribution >= 4 is 9.28 Å². The lowest BCUT2D eigenvalue weighted by atomic mass is 10.2. The first-order valence-corrected chi connectivity index (χ1v) is 9.51. The molecule has 0 radical (unpaired) electrons. The van der Waals surface area contributed by atoms with Crippen LogP contribution >= 0.6 is 0 Å². The van der Waals surface area contributed by atoms with Crippen LogP contribution in [0.2, 0.25) is 5.54 Å². The minimum atomic E-state index is -1.48. The van der Waals surface area contributed by atoms with Crippen molar-refractivity contribution in [2.75, 3.05) is 32.8 Å². The lowest BCUT2D eigenvalue weighted by Crippen LogP contribution is -2.29. The molecule has 0 bridgehead atoms. The van der Waals surface area contributed by atoms with E-state index in [-0.39, 0.29) is 0 Å². The van der Waals surface area contributed by atoms with E-state index in [0.29, 0.717) is 5.54 Å². The molecular formula is C14H34N2O2Si. The summed E-state index contributed by atoms with van der Waals surface area (Å²) in [4.78, 5) is 0. The first-order chi connectivity index (χ1) is 9.26. The topological polar surface area (TPSA) is 56.5 Å². The van der Waals surface area contributed by atoms with Crippen LogP contribution < -0.4 is 11.1 Å². The van der Waals surface area contributed by atoms with E-state index in [0.717, 1.165) is 52.1 Å². The molecule has 0 saturated carbocycles. The Hall–Kier alpha value is 0.0569. The van der Waals surface area contributed by atoms with Gasteiger partial charge in [0.25, 0.3) is 0 Å². The van der Waals surface area contributed by atoms with Gasteiger partial charge in [-0.3, -0.25) is 0 Å². The van der Waals surface area contributed by atoms with E-state index in [1.807, 2.05) is 0 Å². The zero-order valence-electron chi connectivity index (χ0n) is 13.1. The van der Waals surface area contributed by atoms with Crippen LogP contribution in [0.25, 0.3) is 0 Å². The number of nitrogens with two attached hydrogens (primary N) is 1. The maximum Gasteiger partial charge on any atom is 0.324 e. The van der Waals surface area contributed by atoms with E-state index in [9.17, 15) is 0 Å². The third kappa shape index (κ3) is 11.6. The zero-order chi connectivity index (χ0) is 14.3. The first kappa shape index (κ1) is 19.1. The summed E-state index contributed by atoms with van der Waals surface area (Å²) in [7, 11) is -1.48. The van der Waals surface area contributed by atoms with Gasteiger partial charge >= 0.3 is 9.28 Å². The maximum atomic E-state index is 5.93. The summed E-state index contributed by atoms with van der Waals surface area (Å²) in [5, 5.41) is 3.42. The summed E-state index contributed by atoms with van der Waals surface area (Å²) in [6, 6.07) is 0. The SMILES string of the molecule is CCCO[SiH](OCCC)C(C)CCCNCCCN. The second kappa shape index (κ2) is 14.5. The molecule has 1 unspecified atom stereocenters. The molecule has 0 aliphatic rings. The molecule has 19 heavy (non-hydrogen) atoms. The van der Waals surface area contributed by atoms with Crippen LogP contribution in [-0.2, 0) is 8.85 Å². The Morgan fingerprint density at radius 1 is 1.05 bits per heavy atom. The summed E-state index contributed by atoms with van der Waals surface area (Å²) in [6.45, 7) is 11.2. The molecule has 4 nitrogen and oxygen atoms in total. The van der Waals surface area contributed by atoms with Gasteiger partial charge in [-0.1, -0.05) is 20.8 Å². The Balaban J connectivity index is 3.72. The molecule has 0 fully saturated rings. The molecular weight excluding hydrogens is 256 g/mol. The fourth-order valence-electron chi connectivity index (χ4n) is 1.88. The molecule has 5 heteroatoms. The average Bonchev–Trinajstić information content (AvgIpc) is 2.42. The van der Waals surface area contributed by atoms with Gasteiger partial charge in [-0.05, 0) is 57.3 Å². The summed E-state index contributed by atoms with van der Waals surface area (Å²) in [5.41, 5.74) is 6.05. The van der Waals surface area contributed by atoms with Crippen molar-refractivity contribution in [1.82, 2.24) is 5.32 Å². The second-order valence-electron chi connectivity index (χ2n) is 5.12. The minimum Gasteiger partial charge on any atom is -0.396 e. The van der Waals surface area contributed by atoms with E-state index in [2.05, 4.69) is 26.1 Å². The van der Waals surface area contributed by atoms with Crippen LogP contribution in [0.15, 0.2) is 0 Å². The van der Waals surface area contributed by atoms with Crippen molar-refractivity contribution in [2.45, 2.75) is 58.4 Å². The molecule has 0 spiro atoms. The maximum absolute atomic E-state index is 5.93. The van der Waals surface area contributed by atoms with Gasteiger partial charge < -0.3 is 19.9 Å². The van der Waals surface area contributed by atoms with Crippen molar-refractivity contribution in [3.05, 3.63) is 0 Å². The highest BCUT2D eigenvalue weighted by Crippen LogP contribution is 2.18. The molecule has 1 atom stereocenters. The molecule has 0 rings (SSSR count). The van der Waals surface area contributed by atoms with Gasteiger partial charge in [0.2, 0.25) is 0 Å². The molecule has 0 aliphatic heterocycles. The van der Waals surface area contributed by atoms with Crippen molar-refractivity contribution in [2.24, 2.45) is 5.73 Å². The van der Waals surface area contributed by atoms with E-state index >= 15 is 0 Å². The minimum absolute atomic E-state index is 0.592. The number of hydrogen-bond donors (Lipinski definition) is 2. The zero-order valence-corrected chi connectivity index (χ0v) is 14.3. The van der Waals surface area contributed by atoms with Gasteiger partial charge in [-0.2, -0.15) is 0 Å². The quantitative estimate of drug-likeness (QED) is 0.380.